The number of aromatic carboxylic acids is 1. The van der Waals surface area contributed by atoms with Gasteiger partial charge in [0.05, 0.1) is 17.2 Å². The number of hydrogen-bond acceptors (Lipinski definition) is 5. The van der Waals surface area contributed by atoms with Crippen LogP contribution in [0.1, 0.15) is 34.0 Å². The highest BCUT2D eigenvalue weighted by Gasteiger charge is 2.15. The molecule has 0 saturated carbocycles. The molecule has 0 atom stereocenters. The number of carboxylic acid groups (broad SMARTS) is 1. The van der Waals surface area contributed by atoms with Gasteiger partial charge in [-0.25, -0.2) is 4.79 Å². The summed E-state index contributed by atoms with van der Waals surface area (Å²) in [5.74, 6) is -0.915. The zero-order chi connectivity index (χ0) is 27.8. The van der Waals surface area contributed by atoms with Gasteiger partial charge in [0.25, 0.3) is 5.91 Å². The average Bonchev–Trinajstić information content (AvgIpc) is 3.34. The summed E-state index contributed by atoms with van der Waals surface area (Å²) in [6.07, 6.45) is 3.97. The van der Waals surface area contributed by atoms with Gasteiger partial charge in [0.15, 0.2) is 11.5 Å². The third kappa shape index (κ3) is 6.78. The first-order chi connectivity index (χ1) is 18.9. The minimum absolute atomic E-state index is 0.0678. The second-order valence-corrected chi connectivity index (χ2v) is 9.00. The van der Waals surface area contributed by atoms with Crippen molar-refractivity contribution in [1.29, 1.82) is 5.26 Å². The highest BCUT2D eigenvalue weighted by molar-refractivity contribution is 6.32. The molecule has 198 valence electrons. The molecule has 1 aromatic heterocycles. The largest absolute Gasteiger partial charge is 0.490 e. The Morgan fingerprint density at radius 1 is 1.13 bits per heavy atom. The predicted octanol–water partition coefficient (Wildman–Crippen LogP) is 5.76. The fourth-order valence-electron chi connectivity index (χ4n) is 4.08. The smallest absolute Gasteiger partial charge is 0.335 e. The number of H-pyrrole nitrogens is 1. The van der Waals surface area contributed by atoms with Gasteiger partial charge >= 0.3 is 5.97 Å². The number of rotatable bonds is 11. The van der Waals surface area contributed by atoms with E-state index in [-0.39, 0.29) is 28.5 Å². The van der Waals surface area contributed by atoms with E-state index in [1.165, 1.54) is 18.2 Å². The summed E-state index contributed by atoms with van der Waals surface area (Å²) in [6, 6.07) is 19.5. The minimum atomic E-state index is -1.03. The molecule has 0 aliphatic heterocycles. The quantitative estimate of drug-likeness (QED) is 0.163. The lowest BCUT2D eigenvalue weighted by atomic mass is 10.1. The average molecular weight is 544 g/mol. The van der Waals surface area contributed by atoms with Crippen LogP contribution in [0, 0.1) is 11.3 Å². The second kappa shape index (κ2) is 12.7. The van der Waals surface area contributed by atoms with Crippen molar-refractivity contribution in [2.45, 2.75) is 20.0 Å². The molecule has 0 saturated heterocycles. The molecule has 0 aliphatic rings. The zero-order valence-electron chi connectivity index (χ0n) is 21.2. The van der Waals surface area contributed by atoms with E-state index in [1.54, 1.807) is 31.2 Å². The summed E-state index contributed by atoms with van der Waals surface area (Å²) in [7, 11) is 0. The molecule has 0 aliphatic carbocycles. The molecule has 9 heteroatoms. The van der Waals surface area contributed by atoms with Crippen LogP contribution in [-0.2, 0) is 17.8 Å². The van der Waals surface area contributed by atoms with E-state index in [2.05, 4.69) is 10.3 Å². The Morgan fingerprint density at radius 2 is 1.95 bits per heavy atom. The summed E-state index contributed by atoms with van der Waals surface area (Å²) in [4.78, 5) is 27.2. The van der Waals surface area contributed by atoms with Gasteiger partial charge in [-0.05, 0) is 66.4 Å². The molecule has 0 unspecified atom stereocenters. The number of carboxylic acids is 1. The molecule has 4 aromatic rings. The first-order valence-corrected chi connectivity index (χ1v) is 12.6. The number of fused-ring (bicyclic) bond motifs is 1. The summed E-state index contributed by atoms with van der Waals surface area (Å²) in [5.41, 5.74) is 3.31. The number of hydrogen-bond donors (Lipinski definition) is 3. The van der Waals surface area contributed by atoms with Crippen LogP contribution in [0.2, 0.25) is 5.02 Å². The van der Waals surface area contributed by atoms with Gasteiger partial charge in [0.1, 0.15) is 18.2 Å². The molecule has 1 heterocycles. The number of carbonyl (C=O) groups excluding carboxylic acids is 1. The van der Waals surface area contributed by atoms with Gasteiger partial charge in [-0.15, -0.1) is 0 Å². The number of aromatic nitrogens is 1. The second-order valence-electron chi connectivity index (χ2n) is 8.59. The van der Waals surface area contributed by atoms with Crippen LogP contribution in [-0.4, -0.2) is 35.1 Å². The normalized spacial score (nSPS) is 11.2. The van der Waals surface area contributed by atoms with Crippen molar-refractivity contribution in [2.24, 2.45) is 0 Å². The molecular weight excluding hydrogens is 518 g/mol. The molecule has 3 aromatic carbocycles. The number of ether oxygens (including phenoxy) is 2. The van der Waals surface area contributed by atoms with Crippen LogP contribution in [0.4, 0.5) is 0 Å². The molecule has 0 spiro atoms. The molecule has 0 fully saturated rings. The molecule has 4 rings (SSSR count). The lowest BCUT2D eigenvalue weighted by Gasteiger charge is -2.15. The maximum atomic E-state index is 12.7. The van der Waals surface area contributed by atoms with Crippen LogP contribution >= 0.6 is 11.6 Å². The van der Waals surface area contributed by atoms with Crippen molar-refractivity contribution in [3.63, 3.8) is 0 Å². The van der Waals surface area contributed by atoms with Crippen LogP contribution in [0.25, 0.3) is 17.0 Å². The molecule has 0 radical (unpaired) electrons. The van der Waals surface area contributed by atoms with E-state index >= 15 is 0 Å². The van der Waals surface area contributed by atoms with Crippen LogP contribution in [0.5, 0.6) is 11.5 Å². The van der Waals surface area contributed by atoms with Crippen LogP contribution < -0.4 is 14.8 Å². The Morgan fingerprint density at radius 3 is 2.72 bits per heavy atom. The van der Waals surface area contributed by atoms with Crippen molar-refractivity contribution < 1.29 is 24.2 Å². The van der Waals surface area contributed by atoms with Gasteiger partial charge in [-0.3, -0.25) is 4.79 Å². The Balaban J connectivity index is 1.46. The zero-order valence-corrected chi connectivity index (χ0v) is 21.9. The van der Waals surface area contributed by atoms with Crippen molar-refractivity contribution in [2.75, 3.05) is 13.2 Å². The van der Waals surface area contributed by atoms with Gasteiger partial charge in [-0.1, -0.05) is 41.9 Å². The molecule has 8 nitrogen and oxygen atoms in total. The Labute approximate surface area is 230 Å². The first kappa shape index (κ1) is 27.3. The van der Waals surface area contributed by atoms with Crippen molar-refractivity contribution in [3.05, 3.63) is 99.7 Å². The third-order valence-corrected chi connectivity index (χ3v) is 6.20. The van der Waals surface area contributed by atoms with E-state index < -0.39 is 11.9 Å². The van der Waals surface area contributed by atoms with E-state index in [1.807, 2.05) is 36.5 Å². The van der Waals surface area contributed by atoms with Crippen LogP contribution in [0.3, 0.4) is 0 Å². The lowest BCUT2D eigenvalue weighted by Crippen LogP contribution is -2.26. The number of amides is 1. The molecule has 39 heavy (non-hydrogen) atoms. The number of nitrogens with one attached hydrogen (secondary N) is 2. The number of aromatic amines is 1. The molecule has 1 amide bonds. The van der Waals surface area contributed by atoms with Crippen LogP contribution in [0.15, 0.2) is 72.4 Å². The third-order valence-electron chi connectivity index (χ3n) is 5.92. The van der Waals surface area contributed by atoms with Gasteiger partial charge in [0.2, 0.25) is 0 Å². The maximum Gasteiger partial charge on any atom is 0.335 e. The Hall–Kier alpha value is -4.74. The summed E-state index contributed by atoms with van der Waals surface area (Å²) >= 11 is 6.50. The van der Waals surface area contributed by atoms with E-state index in [0.717, 1.165) is 16.5 Å². The topological polar surface area (TPSA) is 124 Å². The maximum absolute atomic E-state index is 12.7. The number of halogens is 1. The van der Waals surface area contributed by atoms with Crippen molar-refractivity contribution in [1.82, 2.24) is 10.3 Å². The van der Waals surface area contributed by atoms with E-state index in [9.17, 15) is 20.0 Å². The Kier molecular flexibility index (Phi) is 8.87. The summed E-state index contributed by atoms with van der Waals surface area (Å²) in [6.45, 7) is 2.56. The fourth-order valence-corrected chi connectivity index (χ4v) is 4.36. The van der Waals surface area contributed by atoms with Gasteiger partial charge in [0, 0.05) is 23.6 Å². The highest BCUT2D eigenvalue weighted by atomic mass is 35.5. The molecule has 3 N–H and O–H groups in total. The SMILES string of the molecule is CCOc1cc(/C=C(/C#N)C(=O)NCCc2c[nH]c3ccccc23)cc(Cl)c1OCc1cccc(C(=O)O)c1. The predicted molar refractivity (Wildman–Crippen MR) is 149 cm³/mol. The fraction of sp³-hybridized carbons (Fsp3) is 0.167. The summed E-state index contributed by atoms with van der Waals surface area (Å²) < 4.78 is 11.6. The summed E-state index contributed by atoms with van der Waals surface area (Å²) in [5, 5.41) is 23.0. The van der Waals surface area contributed by atoms with Gasteiger partial charge in [-0.2, -0.15) is 5.26 Å². The van der Waals surface area contributed by atoms with Crippen molar-refractivity contribution in [3.8, 4) is 17.6 Å². The van der Waals surface area contributed by atoms with E-state index in [4.69, 9.17) is 21.1 Å². The number of carbonyl (C=O) groups is 2. The Bertz CT molecular complexity index is 1590. The minimum Gasteiger partial charge on any atom is -0.490 e. The monoisotopic (exact) mass is 543 g/mol. The van der Waals surface area contributed by atoms with Crippen molar-refractivity contribution >= 4 is 40.5 Å². The first-order valence-electron chi connectivity index (χ1n) is 12.3. The highest BCUT2D eigenvalue weighted by Crippen LogP contribution is 2.38. The number of benzene rings is 3. The number of nitrogens with zero attached hydrogens (tertiary/aromatic N) is 1. The lowest BCUT2D eigenvalue weighted by molar-refractivity contribution is -0.117. The standard InChI is InChI=1S/C30H26ClN3O5/c1-2-38-27-15-20(14-25(31)28(27)39-18-19-6-5-7-21(12-19)30(36)37)13-23(16-32)29(35)33-11-10-22-17-34-26-9-4-3-8-24(22)26/h3-9,12-15,17,34H,2,10-11,18H2,1H3,(H,33,35)(H,36,37)/b23-13-. The molecule has 0 bridgehead atoms. The molecular formula is C30H26ClN3O5. The number of nitriles is 1. The number of para-hydroxylation sites is 1. The van der Waals surface area contributed by atoms with Gasteiger partial charge < -0.3 is 24.9 Å². The van der Waals surface area contributed by atoms with E-state index in [0.29, 0.717) is 36.4 Å².